The minimum Gasteiger partial charge on any atom is -0.375 e. The van der Waals surface area contributed by atoms with Crippen LogP contribution in [0.3, 0.4) is 0 Å². The van der Waals surface area contributed by atoms with Gasteiger partial charge < -0.3 is 9.64 Å². The highest BCUT2D eigenvalue weighted by molar-refractivity contribution is 5.46. The van der Waals surface area contributed by atoms with Crippen LogP contribution < -0.4 is 4.90 Å². The van der Waals surface area contributed by atoms with E-state index >= 15 is 0 Å². The van der Waals surface area contributed by atoms with E-state index in [2.05, 4.69) is 36.1 Å². The third kappa shape index (κ3) is 2.01. The average molecular weight is 176 g/mol. The molecule has 1 radical (unpaired) electrons. The molecule has 0 bridgehead atoms. The zero-order valence-corrected chi connectivity index (χ0v) is 7.65. The van der Waals surface area contributed by atoms with Gasteiger partial charge in [-0.3, -0.25) is 0 Å². The highest BCUT2D eigenvalue weighted by Gasteiger charge is 2.16. The summed E-state index contributed by atoms with van der Waals surface area (Å²) < 4.78 is 5.38. The summed E-state index contributed by atoms with van der Waals surface area (Å²) in [7, 11) is 0. The van der Waals surface area contributed by atoms with Crippen LogP contribution >= 0.6 is 0 Å². The van der Waals surface area contributed by atoms with Gasteiger partial charge in [0.15, 0.2) is 0 Å². The number of nitrogens with zero attached hydrogens (tertiary/aromatic N) is 1. The number of hydrogen-bond acceptors (Lipinski definition) is 2. The number of morpholine rings is 1. The first-order valence-electron chi connectivity index (χ1n) is 4.61. The zero-order valence-electron chi connectivity index (χ0n) is 7.65. The second kappa shape index (κ2) is 3.79. The molecule has 1 aliphatic rings. The van der Waals surface area contributed by atoms with Crippen molar-refractivity contribution in [3.63, 3.8) is 0 Å². The van der Waals surface area contributed by atoms with Crippen molar-refractivity contribution < 1.29 is 4.74 Å². The number of para-hydroxylation sites is 1. The Labute approximate surface area is 79.1 Å². The maximum absolute atomic E-state index is 5.38. The molecule has 1 aromatic carbocycles. The van der Waals surface area contributed by atoms with Crippen LogP contribution in [0.4, 0.5) is 5.69 Å². The molecule has 1 aromatic rings. The number of hydrogen-bond donors (Lipinski definition) is 0. The lowest BCUT2D eigenvalue weighted by Gasteiger charge is -2.32. The molecule has 2 rings (SSSR count). The number of rotatable bonds is 1. The minimum absolute atomic E-state index is 0.106. The molecule has 1 saturated heterocycles. The number of ether oxygens (including phenoxy) is 1. The summed E-state index contributed by atoms with van der Waals surface area (Å²) in [5, 5.41) is 0. The fourth-order valence-corrected chi connectivity index (χ4v) is 1.59. The van der Waals surface area contributed by atoms with Gasteiger partial charge >= 0.3 is 0 Å². The molecular weight excluding hydrogens is 162 g/mol. The summed E-state index contributed by atoms with van der Waals surface area (Å²) >= 11 is 0. The summed E-state index contributed by atoms with van der Waals surface area (Å²) in [5.41, 5.74) is 1.26. The van der Waals surface area contributed by atoms with Crippen molar-refractivity contribution in [2.24, 2.45) is 0 Å². The Morgan fingerprint density at radius 3 is 2.77 bits per heavy atom. The third-order valence-corrected chi connectivity index (χ3v) is 2.26. The van der Waals surface area contributed by atoms with E-state index < -0.39 is 0 Å². The lowest BCUT2D eigenvalue weighted by atomic mass is 10.2. The largest absolute Gasteiger partial charge is 0.375 e. The molecule has 1 fully saturated rings. The smallest absolute Gasteiger partial charge is 0.0751 e. The fraction of sp³-hybridized carbons (Fsp3) is 0.364. The van der Waals surface area contributed by atoms with Crippen LogP contribution in [-0.4, -0.2) is 25.8 Å². The Bertz CT molecular complexity index is 260. The molecule has 1 atom stereocenters. The Kier molecular flexibility index (Phi) is 2.50. The number of anilines is 1. The first kappa shape index (κ1) is 8.57. The summed E-state index contributed by atoms with van der Waals surface area (Å²) in [5.74, 6) is 0. The van der Waals surface area contributed by atoms with Gasteiger partial charge in [-0.1, -0.05) is 18.2 Å². The van der Waals surface area contributed by atoms with Crippen LogP contribution in [0.2, 0.25) is 0 Å². The molecule has 0 amide bonds. The van der Waals surface area contributed by atoms with E-state index in [1.54, 1.807) is 0 Å². The Morgan fingerprint density at radius 1 is 1.31 bits per heavy atom. The predicted molar refractivity (Wildman–Crippen MR) is 53.8 cm³/mol. The van der Waals surface area contributed by atoms with Crippen LogP contribution in [0.5, 0.6) is 0 Å². The molecule has 2 heteroatoms. The summed E-state index contributed by atoms with van der Waals surface area (Å²) in [4.78, 5) is 2.31. The molecular formula is C11H14NO. The van der Waals surface area contributed by atoms with E-state index in [0.29, 0.717) is 0 Å². The quantitative estimate of drug-likeness (QED) is 0.646. The number of benzene rings is 1. The Balaban J connectivity index is 2.08. The molecule has 0 N–H and O–H groups in total. The van der Waals surface area contributed by atoms with E-state index in [9.17, 15) is 0 Å². The van der Waals surface area contributed by atoms with Crippen molar-refractivity contribution in [2.75, 3.05) is 24.6 Å². The molecule has 1 heterocycles. The molecule has 0 saturated carbocycles. The first-order chi connectivity index (χ1) is 6.36. The van der Waals surface area contributed by atoms with Gasteiger partial charge in [0, 0.05) is 18.8 Å². The van der Waals surface area contributed by atoms with Gasteiger partial charge in [-0.15, -0.1) is 0 Å². The van der Waals surface area contributed by atoms with Crippen LogP contribution in [0, 0.1) is 6.92 Å². The second-order valence-corrected chi connectivity index (χ2v) is 3.27. The normalized spacial score (nSPS) is 23.2. The molecule has 1 unspecified atom stereocenters. The SMILES string of the molecule is [CH2]C1CN(c2ccccc2)CCO1. The van der Waals surface area contributed by atoms with Gasteiger partial charge in [0.25, 0.3) is 0 Å². The highest BCUT2D eigenvalue weighted by atomic mass is 16.5. The molecule has 13 heavy (non-hydrogen) atoms. The Morgan fingerprint density at radius 2 is 2.08 bits per heavy atom. The van der Waals surface area contributed by atoms with Crippen LogP contribution in [0.1, 0.15) is 0 Å². The molecule has 0 aromatic heterocycles. The van der Waals surface area contributed by atoms with Crippen molar-refractivity contribution in [3.8, 4) is 0 Å². The van der Waals surface area contributed by atoms with E-state index in [-0.39, 0.29) is 6.10 Å². The van der Waals surface area contributed by atoms with E-state index in [1.165, 1.54) is 5.69 Å². The predicted octanol–water partition coefficient (Wildman–Crippen LogP) is 1.73. The van der Waals surface area contributed by atoms with Crippen LogP contribution in [-0.2, 0) is 4.74 Å². The second-order valence-electron chi connectivity index (χ2n) is 3.27. The monoisotopic (exact) mass is 176 g/mol. The Hall–Kier alpha value is -1.02. The first-order valence-corrected chi connectivity index (χ1v) is 4.61. The zero-order chi connectivity index (χ0) is 9.10. The van der Waals surface area contributed by atoms with E-state index in [0.717, 1.165) is 19.7 Å². The van der Waals surface area contributed by atoms with Crippen molar-refractivity contribution in [1.82, 2.24) is 0 Å². The summed E-state index contributed by atoms with van der Waals surface area (Å²) in [6.45, 7) is 6.55. The molecule has 2 nitrogen and oxygen atoms in total. The molecule has 0 spiro atoms. The maximum Gasteiger partial charge on any atom is 0.0751 e. The highest BCUT2D eigenvalue weighted by Crippen LogP contribution is 2.16. The third-order valence-electron chi connectivity index (χ3n) is 2.26. The van der Waals surface area contributed by atoms with E-state index in [1.807, 2.05) is 6.07 Å². The van der Waals surface area contributed by atoms with Gasteiger partial charge in [0.2, 0.25) is 0 Å². The van der Waals surface area contributed by atoms with Crippen LogP contribution in [0.15, 0.2) is 30.3 Å². The lowest BCUT2D eigenvalue weighted by molar-refractivity contribution is 0.0699. The average Bonchev–Trinajstić information content (AvgIpc) is 2.19. The van der Waals surface area contributed by atoms with Gasteiger partial charge in [-0.05, 0) is 19.1 Å². The van der Waals surface area contributed by atoms with Gasteiger partial charge in [0.1, 0.15) is 0 Å². The van der Waals surface area contributed by atoms with Gasteiger partial charge in [-0.2, -0.15) is 0 Å². The molecule has 69 valence electrons. The summed E-state index contributed by atoms with van der Waals surface area (Å²) in [6, 6.07) is 10.4. The van der Waals surface area contributed by atoms with Gasteiger partial charge in [-0.25, -0.2) is 0 Å². The minimum atomic E-state index is 0.106. The van der Waals surface area contributed by atoms with Crippen LogP contribution in [0.25, 0.3) is 0 Å². The van der Waals surface area contributed by atoms with Crippen molar-refractivity contribution >= 4 is 5.69 Å². The van der Waals surface area contributed by atoms with E-state index in [4.69, 9.17) is 4.74 Å². The summed E-state index contributed by atoms with van der Waals surface area (Å²) in [6.07, 6.45) is 0.106. The van der Waals surface area contributed by atoms with Crippen molar-refractivity contribution in [3.05, 3.63) is 37.3 Å². The van der Waals surface area contributed by atoms with Crippen molar-refractivity contribution in [1.29, 1.82) is 0 Å². The standard InChI is InChI=1S/C11H14NO/c1-10-9-12(7-8-13-10)11-5-3-2-4-6-11/h2-6,10H,1,7-9H2. The van der Waals surface area contributed by atoms with Gasteiger partial charge in [0.05, 0.1) is 12.7 Å². The topological polar surface area (TPSA) is 12.5 Å². The fourth-order valence-electron chi connectivity index (χ4n) is 1.59. The molecule has 0 aliphatic carbocycles. The lowest BCUT2D eigenvalue weighted by Crippen LogP contribution is -2.41. The van der Waals surface area contributed by atoms with Crippen molar-refractivity contribution in [2.45, 2.75) is 6.10 Å². The maximum atomic E-state index is 5.38. The molecule has 1 aliphatic heterocycles.